The lowest BCUT2D eigenvalue weighted by atomic mass is 9.70. The van der Waals surface area contributed by atoms with Crippen molar-refractivity contribution in [1.29, 1.82) is 0 Å². The third kappa shape index (κ3) is 4.66. The highest BCUT2D eigenvalue weighted by Gasteiger charge is 2.51. The molecule has 0 unspecified atom stereocenters. The SMILES string of the molecule is c1ccc(-c2cc(-c3ccccc3)cc(-c3ccc(-c4nc5ccccc5c5cc6c(cc45)C4(c5ccccc5-c5ccccc54)c4ccccc4-6)cc3)c2)cc1. The molecule has 1 spiro atoms. The standard InChI is InChI=1S/C56H35N/c1-3-15-36(16-4-1)40-31-41(37-17-5-2-6-18-37)33-42(32-40)38-27-29-39(30-28-38)55-49-35-53-48(34-47(49)46-22-10-14-26-54(46)57-55)45-21-9-13-25-52(45)56(53)50-23-11-7-19-43(50)44-20-8-12-24-51(44)56/h1-35H. The molecule has 10 aromatic rings. The van der Waals surface area contributed by atoms with Gasteiger partial charge in [-0.2, -0.15) is 0 Å². The lowest BCUT2D eigenvalue weighted by Gasteiger charge is -2.30. The summed E-state index contributed by atoms with van der Waals surface area (Å²) in [5.41, 5.74) is 20.5. The lowest BCUT2D eigenvalue weighted by Crippen LogP contribution is -2.25. The second-order valence-electron chi connectivity index (χ2n) is 15.4. The Morgan fingerprint density at radius 1 is 0.263 bits per heavy atom. The maximum atomic E-state index is 5.46. The second-order valence-corrected chi connectivity index (χ2v) is 15.4. The van der Waals surface area contributed by atoms with Crippen molar-refractivity contribution in [1.82, 2.24) is 4.98 Å². The highest BCUT2D eigenvalue weighted by molar-refractivity contribution is 6.14. The van der Waals surface area contributed by atoms with Crippen LogP contribution in [0.3, 0.4) is 0 Å². The molecule has 0 aliphatic heterocycles. The van der Waals surface area contributed by atoms with E-state index in [0.29, 0.717) is 0 Å². The van der Waals surface area contributed by atoms with Gasteiger partial charge < -0.3 is 0 Å². The Kier molecular flexibility index (Phi) is 6.91. The van der Waals surface area contributed by atoms with E-state index < -0.39 is 5.41 Å². The summed E-state index contributed by atoms with van der Waals surface area (Å²) in [6, 6.07) is 78.0. The number of aromatic nitrogens is 1. The summed E-state index contributed by atoms with van der Waals surface area (Å²) < 4.78 is 0. The number of nitrogens with zero attached hydrogens (tertiary/aromatic N) is 1. The number of fused-ring (bicyclic) bond motifs is 13. The van der Waals surface area contributed by atoms with Crippen molar-refractivity contribution in [3.63, 3.8) is 0 Å². The summed E-state index contributed by atoms with van der Waals surface area (Å²) in [5, 5.41) is 3.58. The molecule has 1 heteroatoms. The van der Waals surface area contributed by atoms with Crippen LogP contribution >= 0.6 is 0 Å². The predicted octanol–water partition coefficient (Wildman–Crippen LogP) is 14.4. The lowest BCUT2D eigenvalue weighted by molar-refractivity contribution is 0.795. The Balaban J connectivity index is 1.08. The van der Waals surface area contributed by atoms with Gasteiger partial charge in [-0.1, -0.05) is 176 Å². The van der Waals surface area contributed by atoms with Crippen LogP contribution in [0.25, 0.3) is 88.6 Å². The third-order valence-electron chi connectivity index (χ3n) is 12.5. The molecule has 2 aliphatic carbocycles. The van der Waals surface area contributed by atoms with Gasteiger partial charge >= 0.3 is 0 Å². The Labute approximate surface area is 332 Å². The molecular weight excluding hydrogens is 687 g/mol. The molecule has 0 bridgehead atoms. The Bertz CT molecular complexity index is 3110. The first-order valence-electron chi connectivity index (χ1n) is 19.8. The van der Waals surface area contributed by atoms with Gasteiger partial charge in [0, 0.05) is 16.3 Å². The Morgan fingerprint density at radius 2 is 0.702 bits per heavy atom. The fraction of sp³-hybridized carbons (Fsp3) is 0.0179. The molecule has 12 rings (SSSR count). The van der Waals surface area contributed by atoms with E-state index in [4.69, 9.17) is 4.98 Å². The second kappa shape index (κ2) is 12.3. The fourth-order valence-electron chi connectivity index (χ4n) is 9.97. The maximum absolute atomic E-state index is 5.46. The molecule has 264 valence electrons. The topological polar surface area (TPSA) is 12.9 Å². The smallest absolute Gasteiger partial charge is 0.0788 e. The largest absolute Gasteiger partial charge is 0.247 e. The number of hydrogen-bond donors (Lipinski definition) is 0. The van der Waals surface area contributed by atoms with E-state index in [-0.39, 0.29) is 0 Å². The van der Waals surface area contributed by atoms with Crippen LogP contribution in [0, 0.1) is 0 Å². The van der Waals surface area contributed by atoms with Crippen LogP contribution in [-0.4, -0.2) is 4.98 Å². The Hall–Kier alpha value is -7.35. The fourth-order valence-corrected chi connectivity index (χ4v) is 9.97. The van der Waals surface area contributed by atoms with Crippen LogP contribution in [0.2, 0.25) is 0 Å². The van der Waals surface area contributed by atoms with E-state index in [2.05, 4.69) is 212 Å². The van der Waals surface area contributed by atoms with Crippen LogP contribution in [0.1, 0.15) is 22.3 Å². The minimum absolute atomic E-state index is 0.416. The van der Waals surface area contributed by atoms with Gasteiger partial charge in [-0.05, 0) is 120 Å². The zero-order valence-electron chi connectivity index (χ0n) is 31.2. The number of pyridine rings is 1. The first kappa shape index (κ1) is 31.9. The van der Waals surface area contributed by atoms with Gasteiger partial charge in [0.1, 0.15) is 0 Å². The molecule has 0 saturated heterocycles. The first-order valence-corrected chi connectivity index (χ1v) is 19.8. The van der Waals surface area contributed by atoms with Gasteiger partial charge in [-0.3, -0.25) is 0 Å². The van der Waals surface area contributed by atoms with E-state index in [1.54, 1.807) is 0 Å². The molecule has 0 radical (unpaired) electrons. The normalized spacial score (nSPS) is 13.1. The minimum atomic E-state index is -0.416. The quantitative estimate of drug-likeness (QED) is 0.165. The Morgan fingerprint density at radius 3 is 1.26 bits per heavy atom. The van der Waals surface area contributed by atoms with Gasteiger partial charge in [-0.15, -0.1) is 0 Å². The zero-order valence-corrected chi connectivity index (χ0v) is 31.2. The van der Waals surface area contributed by atoms with E-state index in [0.717, 1.165) is 16.8 Å². The van der Waals surface area contributed by atoms with E-state index >= 15 is 0 Å². The van der Waals surface area contributed by atoms with Crippen LogP contribution < -0.4 is 0 Å². The average molecular weight is 722 g/mol. The van der Waals surface area contributed by atoms with Gasteiger partial charge in [0.2, 0.25) is 0 Å². The molecule has 0 saturated carbocycles. The average Bonchev–Trinajstić information content (AvgIpc) is 3.75. The van der Waals surface area contributed by atoms with Crippen molar-refractivity contribution < 1.29 is 0 Å². The van der Waals surface area contributed by atoms with Gasteiger partial charge in [0.15, 0.2) is 0 Å². The monoisotopic (exact) mass is 721 g/mol. The summed E-state index contributed by atoms with van der Waals surface area (Å²) in [6.45, 7) is 0. The van der Waals surface area contributed by atoms with Crippen molar-refractivity contribution in [3.05, 3.63) is 235 Å². The van der Waals surface area contributed by atoms with Crippen molar-refractivity contribution in [2.75, 3.05) is 0 Å². The van der Waals surface area contributed by atoms with Crippen LogP contribution in [0.15, 0.2) is 212 Å². The molecule has 0 N–H and O–H groups in total. The molecule has 2 aliphatic rings. The van der Waals surface area contributed by atoms with Crippen LogP contribution in [0.4, 0.5) is 0 Å². The molecule has 0 amide bonds. The van der Waals surface area contributed by atoms with Crippen LogP contribution in [-0.2, 0) is 5.41 Å². The van der Waals surface area contributed by atoms with Crippen molar-refractivity contribution in [2.24, 2.45) is 0 Å². The molecule has 0 atom stereocenters. The van der Waals surface area contributed by atoms with Gasteiger partial charge in [0.25, 0.3) is 0 Å². The number of para-hydroxylation sites is 1. The van der Waals surface area contributed by atoms with Crippen LogP contribution in [0.5, 0.6) is 0 Å². The molecule has 57 heavy (non-hydrogen) atoms. The number of benzene rings is 9. The summed E-state index contributed by atoms with van der Waals surface area (Å²) in [5.74, 6) is 0. The van der Waals surface area contributed by atoms with Crippen molar-refractivity contribution in [3.8, 4) is 66.9 Å². The number of hydrogen-bond acceptors (Lipinski definition) is 1. The molecular formula is C56H35N. The molecule has 9 aromatic carbocycles. The summed E-state index contributed by atoms with van der Waals surface area (Å²) >= 11 is 0. The summed E-state index contributed by atoms with van der Waals surface area (Å²) in [7, 11) is 0. The highest BCUT2D eigenvalue weighted by Crippen LogP contribution is 2.63. The predicted molar refractivity (Wildman–Crippen MR) is 237 cm³/mol. The maximum Gasteiger partial charge on any atom is 0.0788 e. The molecule has 1 nitrogen and oxygen atoms in total. The number of rotatable bonds is 4. The van der Waals surface area contributed by atoms with E-state index in [9.17, 15) is 0 Å². The van der Waals surface area contributed by atoms with Gasteiger partial charge in [0.05, 0.1) is 16.6 Å². The first-order chi connectivity index (χ1) is 28.3. The van der Waals surface area contributed by atoms with E-state index in [1.165, 1.54) is 94.0 Å². The molecule has 1 aromatic heterocycles. The molecule has 0 fully saturated rings. The minimum Gasteiger partial charge on any atom is -0.247 e. The summed E-state index contributed by atoms with van der Waals surface area (Å²) in [6.07, 6.45) is 0. The van der Waals surface area contributed by atoms with Crippen molar-refractivity contribution in [2.45, 2.75) is 5.41 Å². The third-order valence-corrected chi connectivity index (χ3v) is 12.5. The van der Waals surface area contributed by atoms with Gasteiger partial charge in [-0.25, -0.2) is 4.98 Å². The highest BCUT2D eigenvalue weighted by atomic mass is 14.7. The zero-order chi connectivity index (χ0) is 37.5. The van der Waals surface area contributed by atoms with Crippen molar-refractivity contribution >= 4 is 21.7 Å². The van der Waals surface area contributed by atoms with E-state index in [1.807, 2.05) is 0 Å². The molecule has 1 heterocycles. The summed E-state index contributed by atoms with van der Waals surface area (Å²) in [4.78, 5) is 5.46.